The zero-order chi connectivity index (χ0) is 29.0. The summed E-state index contributed by atoms with van der Waals surface area (Å²) >= 11 is 12.5. The molecule has 0 bridgehead atoms. The van der Waals surface area contributed by atoms with Crippen molar-refractivity contribution in [3.8, 4) is 5.75 Å². The van der Waals surface area contributed by atoms with E-state index in [-0.39, 0.29) is 44.7 Å². The van der Waals surface area contributed by atoms with Crippen LogP contribution in [0.3, 0.4) is 0 Å². The first-order chi connectivity index (χ1) is 19.1. The van der Waals surface area contributed by atoms with E-state index in [1.807, 2.05) is 0 Å². The Bertz CT molecular complexity index is 1640. The molecule has 1 atom stereocenters. The number of para-hydroxylation sites is 1. The van der Waals surface area contributed by atoms with E-state index in [1.165, 1.54) is 24.3 Å². The Labute approximate surface area is 236 Å². The van der Waals surface area contributed by atoms with E-state index in [9.17, 15) is 34.2 Å². The maximum atomic E-state index is 13.0. The molecule has 10 nitrogen and oxygen atoms in total. The van der Waals surface area contributed by atoms with Crippen molar-refractivity contribution in [3.05, 3.63) is 98.7 Å². The van der Waals surface area contributed by atoms with Gasteiger partial charge in [-0.3, -0.25) is 19.2 Å². The number of aromatic nitrogens is 1. The van der Waals surface area contributed by atoms with E-state index >= 15 is 0 Å². The molecule has 0 fully saturated rings. The number of carboxylic acid groups (broad SMARTS) is 1. The van der Waals surface area contributed by atoms with Gasteiger partial charge >= 0.3 is 5.97 Å². The third kappa shape index (κ3) is 6.14. The van der Waals surface area contributed by atoms with Crippen LogP contribution in [0.15, 0.2) is 60.7 Å². The van der Waals surface area contributed by atoms with E-state index in [0.717, 1.165) is 0 Å². The van der Waals surface area contributed by atoms with Gasteiger partial charge in [-0.2, -0.15) is 0 Å². The van der Waals surface area contributed by atoms with Crippen LogP contribution in [0, 0.1) is 0 Å². The number of amides is 2. The second kappa shape index (κ2) is 12.0. The summed E-state index contributed by atoms with van der Waals surface area (Å²) < 4.78 is 0. The molecule has 0 aliphatic carbocycles. The lowest BCUT2D eigenvalue weighted by Crippen LogP contribution is -2.42. The van der Waals surface area contributed by atoms with Gasteiger partial charge in [0.25, 0.3) is 11.8 Å². The number of H-pyrrole nitrogens is 1. The van der Waals surface area contributed by atoms with Gasteiger partial charge in [-0.05, 0) is 35.9 Å². The molecule has 4 rings (SSSR count). The Balaban J connectivity index is 1.49. The number of carbonyl (C=O) groups is 5. The molecule has 0 aliphatic rings. The van der Waals surface area contributed by atoms with Gasteiger partial charge in [0.1, 0.15) is 17.5 Å². The zero-order valence-electron chi connectivity index (χ0n) is 20.5. The lowest BCUT2D eigenvalue weighted by Gasteiger charge is -2.15. The number of phenolic OH excluding ortho intramolecular Hbond substituents is 1. The number of carbonyl (C=O) groups excluding carboxylic acids is 4. The highest BCUT2D eigenvalue weighted by Crippen LogP contribution is 2.29. The minimum Gasteiger partial charge on any atom is -0.508 e. The molecule has 1 heterocycles. The number of hydrogen-bond acceptors (Lipinski definition) is 6. The summed E-state index contributed by atoms with van der Waals surface area (Å²) in [5.74, 6) is -3.69. The lowest BCUT2D eigenvalue weighted by atomic mass is 10.0. The Morgan fingerprint density at radius 1 is 0.950 bits per heavy atom. The fraction of sp³-hybridized carbons (Fsp3) is 0.107. The molecule has 12 heteroatoms. The first kappa shape index (κ1) is 28.3. The number of carboxylic acids is 1. The van der Waals surface area contributed by atoms with Gasteiger partial charge in [0, 0.05) is 29.4 Å². The van der Waals surface area contributed by atoms with Gasteiger partial charge in [-0.25, -0.2) is 4.79 Å². The topological polar surface area (TPSA) is 166 Å². The Hall–Kier alpha value is -4.67. The van der Waals surface area contributed by atoms with Gasteiger partial charge in [0.2, 0.25) is 0 Å². The van der Waals surface area contributed by atoms with Gasteiger partial charge in [-0.1, -0.05) is 53.5 Å². The van der Waals surface area contributed by atoms with Crippen LogP contribution in [0.4, 0.5) is 0 Å². The molecule has 1 aromatic heterocycles. The highest BCUT2D eigenvalue weighted by Gasteiger charge is 2.29. The van der Waals surface area contributed by atoms with Gasteiger partial charge in [0.05, 0.1) is 21.2 Å². The quantitative estimate of drug-likeness (QED) is 0.137. The third-order valence-corrected chi connectivity index (χ3v) is 6.63. The molecule has 3 aromatic carbocycles. The molecule has 4 aromatic rings. The van der Waals surface area contributed by atoms with Gasteiger partial charge < -0.3 is 25.8 Å². The number of nitrogens with one attached hydrogen (secondary N) is 3. The standard InChI is InChI=1S/C28H21Cl2N3O7/c29-19-9-15(26(37)31-12-14-4-3-5-16(35)8-14)10-20(30)24(19)23(36)11-22(28(39)40)33-27(38)25-18(13-34)17-6-1-2-7-21(17)32-25/h1-10,13,22,32,35H,11-12H2,(H,31,37)(H,33,38)(H,39,40). The average Bonchev–Trinajstić information content (AvgIpc) is 3.29. The minimum absolute atomic E-state index is 0.0436. The van der Waals surface area contributed by atoms with Gasteiger partial charge in [-0.15, -0.1) is 0 Å². The number of aldehydes is 1. The predicted molar refractivity (Wildman–Crippen MR) is 147 cm³/mol. The third-order valence-electron chi connectivity index (χ3n) is 6.03. The first-order valence-corrected chi connectivity index (χ1v) is 12.5. The predicted octanol–water partition coefficient (Wildman–Crippen LogP) is 4.38. The van der Waals surface area contributed by atoms with Crippen LogP contribution in [0.25, 0.3) is 10.9 Å². The van der Waals surface area contributed by atoms with Crippen LogP contribution in [0.1, 0.15) is 53.5 Å². The van der Waals surface area contributed by atoms with Crippen molar-refractivity contribution in [2.75, 3.05) is 0 Å². The van der Waals surface area contributed by atoms with Crippen LogP contribution >= 0.6 is 23.2 Å². The van der Waals surface area contributed by atoms with Crippen molar-refractivity contribution in [3.63, 3.8) is 0 Å². The lowest BCUT2D eigenvalue weighted by molar-refractivity contribution is -0.139. The number of Topliss-reactive ketones (excluding diaryl/α,β-unsaturated/α-hetero) is 1. The van der Waals surface area contributed by atoms with Crippen LogP contribution in [-0.2, 0) is 11.3 Å². The summed E-state index contributed by atoms with van der Waals surface area (Å²) in [6.45, 7) is 0.103. The van der Waals surface area contributed by atoms with Crippen molar-refractivity contribution in [2.45, 2.75) is 19.0 Å². The summed E-state index contributed by atoms with van der Waals surface area (Å²) in [6, 6.07) is 13.7. The molecular formula is C28H21Cl2N3O7. The molecule has 0 saturated heterocycles. The van der Waals surface area contributed by atoms with E-state index in [1.54, 1.807) is 36.4 Å². The number of aromatic amines is 1. The normalized spacial score (nSPS) is 11.6. The number of ketones is 1. The second-order valence-corrected chi connectivity index (χ2v) is 9.55. The Kier molecular flexibility index (Phi) is 8.52. The SMILES string of the molecule is O=Cc1c(C(=O)NC(CC(=O)c2c(Cl)cc(C(=O)NCc3cccc(O)c3)cc2Cl)C(=O)O)[nH]c2ccccc12. The number of halogens is 2. The molecule has 40 heavy (non-hydrogen) atoms. The molecular weight excluding hydrogens is 561 g/mol. The van der Waals surface area contributed by atoms with E-state index in [2.05, 4.69) is 15.6 Å². The second-order valence-electron chi connectivity index (χ2n) is 8.74. The van der Waals surface area contributed by atoms with Crippen LogP contribution in [0.2, 0.25) is 10.0 Å². The van der Waals surface area contributed by atoms with Crippen LogP contribution in [-0.4, -0.2) is 51.1 Å². The smallest absolute Gasteiger partial charge is 0.326 e. The monoisotopic (exact) mass is 581 g/mol. The van der Waals surface area contributed by atoms with E-state index in [4.69, 9.17) is 23.2 Å². The summed E-state index contributed by atoms with van der Waals surface area (Å²) in [6.07, 6.45) is -0.226. The van der Waals surface area contributed by atoms with Gasteiger partial charge in [0.15, 0.2) is 12.1 Å². The van der Waals surface area contributed by atoms with E-state index < -0.39 is 36.0 Å². The summed E-state index contributed by atoms with van der Waals surface area (Å²) in [4.78, 5) is 64.8. The highest BCUT2D eigenvalue weighted by molar-refractivity contribution is 6.40. The van der Waals surface area contributed by atoms with Crippen molar-refractivity contribution in [2.24, 2.45) is 0 Å². The summed E-state index contributed by atoms with van der Waals surface area (Å²) in [5.41, 5.74) is 0.885. The van der Waals surface area contributed by atoms with Crippen LogP contribution < -0.4 is 10.6 Å². The molecule has 5 N–H and O–H groups in total. The molecule has 0 aliphatic heterocycles. The fourth-order valence-corrected chi connectivity index (χ4v) is 4.80. The largest absolute Gasteiger partial charge is 0.508 e. The number of aliphatic carboxylic acids is 1. The Morgan fingerprint density at radius 3 is 2.30 bits per heavy atom. The maximum absolute atomic E-state index is 13.0. The number of hydrogen-bond donors (Lipinski definition) is 5. The summed E-state index contributed by atoms with van der Waals surface area (Å²) in [7, 11) is 0. The number of benzene rings is 3. The fourth-order valence-electron chi connectivity index (χ4n) is 4.10. The maximum Gasteiger partial charge on any atom is 0.326 e. The molecule has 0 saturated carbocycles. The van der Waals surface area contributed by atoms with Crippen molar-refractivity contribution in [1.29, 1.82) is 0 Å². The number of rotatable bonds is 10. The molecule has 204 valence electrons. The Morgan fingerprint density at radius 2 is 1.65 bits per heavy atom. The molecule has 2 amide bonds. The van der Waals surface area contributed by atoms with E-state index in [0.29, 0.717) is 22.8 Å². The molecule has 1 unspecified atom stereocenters. The molecule has 0 spiro atoms. The van der Waals surface area contributed by atoms with Crippen LogP contribution in [0.5, 0.6) is 5.75 Å². The number of fused-ring (bicyclic) bond motifs is 1. The minimum atomic E-state index is -1.68. The first-order valence-electron chi connectivity index (χ1n) is 11.8. The van der Waals surface area contributed by atoms with Crippen molar-refractivity contribution in [1.82, 2.24) is 15.6 Å². The average molecular weight is 582 g/mol. The number of phenols is 1. The highest BCUT2D eigenvalue weighted by atomic mass is 35.5. The number of aromatic hydroxyl groups is 1. The van der Waals surface area contributed by atoms with Crippen molar-refractivity contribution < 1.29 is 34.2 Å². The summed E-state index contributed by atoms with van der Waals surface area (Å²) in [5, 5.41) is 24.2. The zero-order valence-corrected chi connectivity index (χ0v) is 22.0. The van der Waals surface area contributed by atoms with Crippen molar-refractivity contribution >= 4 is 64.0 Å². The molecule has 0 radical (unpaired) electrons.